The molecule has 0 aliphatic rings. The molecule has 8 heteroatoms. The lowest BCUT2D eigenvalue weighted by Crippen LogP contribution is -2.42. The maximum Gasteiger partial charge on any atom is 0.328 e. The van der Waals surface area contributed by atoms with Crippen molar-refractivity contribution in [2.45, 2.75) is 59.6 Å². The Labute approximate surface area is 189 Å². The summed E-state index contributed by atoms with van der Waals surface area (Å²) in [6, 6.07) is 6.89. The average Bonchev–Trinajstić information content (AvgIpc) is 2.74. The summed E-state index contributed by atoms with van der Waals surface area (Å²) in [5.74, 6) is -2.16. The molecule has 0 unspecified atom stereocenters. The largest absolute Gasteiger partial charge is 0.493 e. The number of hydrogen-bond donors (Lipinski definition) is 1. The summed E-state index contributed by atoms with van der Waals surface area (Å²) in [5.41, 5.74) is 1.89. The molecule has 0 spiro atoms. The number of methoxy groups -OCH3 is 1. The summed E-state index contributed by atoms with van der Waals surface area (Å²) in [4.78, 5) is 40.5. The molecule has 174 valence electrons. The van der Waals surface area contributed by atoms with E-state index in [0.717, 1.165) is 11.1 Å². The molecule has 0 heterocycles. The van der Waals surface area contributed by atoms with Crippen LogP contribution in [0.5, 0.6) is 0 Å². The molecule has 32 heavy (non-hydrogen) atoms. The van der Waals surface area contributed by atoms with Gasteiger partial charge in [-0.25, -0.2) is 4.79 Å². The normalized spacial score (nSPS) is 14.9. The highest BCUT2D eigenvalue weighted by atomic mass is 16.6. The fraction of sp³-hybridized carbons (Fsp3) is 0.417. The molecule has 0 saturated heterocycles. The van der Waals surface area contributed by atoms with E-state index < -0.39 is 30.0 Å². The van der Waals surface area contributed by atoms with Crippen LogP contribution in [-0.4, -0.2) is 43.8 Å². The van der Waals surface area contributed by atoms with Gasteiger partial charge in [-0.15, -0.1) is 0 Å². The van der Waals surface area contributed by atoms with E-state index in [9.17, 15) is 14.4 Å². The summed E-state index contributed by atoms with van der Waals surface area (Å²) in [5, 5.41) is 2.50. The number of aliphatic imine (C=N–C) groups is 1. The van der Waals surface area contributed by atoms with Crippen LogP contribution in [0.1, 0.15) is 51.7 Å². The lowest BCUT2D eigenvalue weighted by Gasteiger charge is -2.24. The molecule has 3 atom stereocenters. The second kappa shape index (κ2) is 12.4. The predicted molar refractivity (Wildman–Crippen MR) is 122 cm³/mol. The first kappa shape index (κ1) is 26.6. The van der Waals surface area contributed by atoms with Gasteiger partial charge in [-0.2, -0.15) is 0 Å². The Morgan fingerprint density at radius 2 is 1.78 bits per heavy atom. The minimum absolute atomic E-state index is 0.0390. The van der Waals surface area contributed by atoms with Crippen LogP contribution in [0, 0.1) is 6.92 Å². The molecule has 0 aromatic heterocycles. The highest BCUT2D eigenvalue weighted by molar-refractivity contribution is 5.97. The van der Waals surface area contributed by atoms with Gasteiger partial charge < -0.3 is 19.5 Å². The van der Waals surface area contributed by atoms with Gasteiger partial charge in [0.05, 0.1) is 7.11 Å². The van der Waals surface area contributed by atoms with Crippen LogP contribution >= 0.6 is 0 Å². The van der Waals surface area contributed by atoms with E-state index >= 15 is 0 Å². The van der Waals surface area contributed by atoms with Crippen LogP contribution in [0.15, 0.2) is 52.5 Å². The highest BCUT2D eigenvalue weighted by Gasteiger charge is 2.27. The molecule has 0 radical (unpaired) electrons. The molecule has 0 aliphatic heterocycles. The first-order valence-electron chi connectivity index (χ1n) is 10.2. The van der Waals surface area contributed by atoms with E-state index in [0.29, 0.717) is 0 Å². The van der Waals surface area contributed by atoms with Gasteiger partial charge in [-0.05, 0) is 51.6 Å². The van der Waals surface area contributed by atoms with Crippen molar-refractivity contribution in [2.24, 2.45) is 4.99 Å². The fourth-order valence-corrected chi connectivity index (χ4v) is 3.01. The van der Waals surface area contributed by atoms with Crippen molar-refractivity contribution >= 4 is 24.6 Å². The Balaban J connectivity index is 2.98. The summed E-state index contributed by atoms with van der Waals surface area (Å²) >= 11 is 0. The smallest absolute Gasteiger partial charge is 0.328 e. The second-order valence-corrected chi connectivity index (χ2v) is 7.27. The van der Waals surface area contributed by atoms with E-state index in [4.69, 9.17) is 14.2 Å². The molecule has 8 nitrogen and oxygen atoms in total. The van der Waals surface area contributed by atoms with Gasteiger partial charge in [-0.3, -0.25) is 14.6 Å². The van der Waals surface area contributed by atoms with Crippen LogP contribution < -0.4 is 5.32 Å². The molecule has 1 aromatic carbocycles. The van der Waals surface area contributed by atoms with E-state index in [1.807, 2.05) is 38.1 Å². The van der Waals surface area contributed by atoms with E-state index in [1.165, 1.54) is 27.0 Å². The molecule has 0 saturated carbocycles. The van der Waals surface area contributed by atoms with Crippen LogP contribution in [0.25, 0.3) is 0 Å². The third-order valence-corrected chi connectivity index (χ3v) is 4.93. The first-order chi connectivity index (χ1) is 15.1. The van der Waals surface area contributed by atoms with Crippen molar-refractivity contribution < 1.29 is 28.6 Å². The molecular weight excluding hydrogens is 412 g/mol. The number of benzene rings is 1. The molecule has 1 N–H and O–H groups in total. The molecule has 1 rings (SSSR count). The number of hydrogen-bond acceptors (Lipinski definition) is 7. The topological polar surface area (TPSA) is 103 Å². The summed E-state index contributed by atoms with van der Waals surface area (Å²) in [6.07, 6.45) is 1.08. The number of amides is 1. The minimum atomic E-state index is -0.985. The number of esters is 2. The summed E-state index contributed by atoms with van der Waals surface area (Å²) in [6.45, 7) is 13.4. The Morgan fingerprint density at radius 1 is 1.16 bits per heavy atom. The highest BCUT2D eigenvalue weighted by Crippen LogP contribution is 2.25. The first-order valence-corrected chi connectivity index (χ1v) is 10.2. The maximum absolute atomic E-state index is 12.7. The van der Waals surface area contributed by atoms with Crippen LogP contribution in [-0.2, 0) is 28.6 Å². The Morgan fingerprint density at radius 3 is 2.28 bits per heavy atom. The third kappa shape index (κ3) is 7.08. The standard InChI is InChI=1S/C24H32N2O6/c1-9-20(30-8)22(32-18(6)27)21(25-7)23(28)26-16(4)24(29)31-17(5)15(3)19-13-11-10-12-14(19)2/h9-13,15-17H,7H2,1-6,8H3,(H,26,28)/b20-9+,22-21+/t15-,16-,17+/m0/s1. The fourth-order valence-electron chi connectivity index (χ4n) is 3.01. The number of carbonyl (C=O) groups is 3. The minimum Gasteiger partial charge on any atom is -0.493 e. The SMILES string of the molecule is C=N/C(C(=O)N[C@@H](C)C(=O)O[C@H](C)[C@H](C)c1ccccc1C)=C(OC(C)=O)\C(=C/C)OC. The number of aryl methyl sites for hydroxylation is 1. The molecule has 0 fully saturated rings. The van der Waals surface area contributed by atoms with Gasteiger partial charge in [0.1, 0.15) is 12.1 Å². The Hall–Kier alpha value is -3.42. The second-order valence-electron chi connectivity index (χ2n) is 7.27. The van der Waals surface area contributed by atoms with Crippen molar-refractivity contribution in [2.75, 3.05) is 7.11 Å². The monoisotopic (exact) mass is 444 g/mol. The number of ether oxygens (including phenoxy) is 3. The third-order valence-electron chi connectivity index (χ3n) is 4.93. The Bertz CT molecular complexity index is 919. The Kier molecular flexibility index (Phi) is 10.3. The summed E-state index contributed by atoms with van der Waals surface area (Å²) in [7, 11) is 1.36. The van der Waals surface area contributed by atoms with E-state index in [-0.39, 0.29) is 23.1 Å². The zero-order valence-corrected chi connectivity index (χ0v) is 19.7. The van der Waals surface area contributed by atoms with Gasteiger partial charge in [0.2, 0.25) is 5.76 Å². The van der Waals surface area contributed by atoms with Gasteiger partial charge in [0, 0.05) is 12.8 Å². The van der Waals surface area contributed by atoms with Crippen molar-refractivity contribution in [3.8, 4) is 0 Å². The van der Waals surface area contributed by atoms with Gasteiger partial charge in [-0.1, -0.05) is 31.2 Å². The van der Waals surface area contributed by atoms with Crippen molar-refractivity contribution in [3.63, 3.8) is 0 Å². The zero-order chi connectivity index (χ0) is 24.4. The van der Waals surface area contributed by atoms with E-state index in [2.05, 4.69) is 17.0 Å². The van der Waals surface area contributed by atoms with Gasteiger partial charge in [0.15, 0.2) is 11.5 Å². The molecule has 1 aromatic rings. The van der Waals surface area contributed by atoms with Gasteiger partial charge in [0.25, 0.3) is 5.91 Å². The molecule has 0 aliphatic carbocycles. The number of carbonyl (C=O) groups excluding carboxylic acids is 3. The number of nitrogens with zero attached hydrogens (tertiary/aromatic N) is 1. The van der Waals surface area contributed by atoms with Crippen LogP contribution in [0.3, 0.4) is 0 Å². The van der Waals surface area contributed by atoms with Gasteiger partial charge >= 0.3 is 11.9 Å². The van der Waals surface area contributed by atoms with Crippen molar-refractivity contribution in [3.05, 3.63) is 58.7 Å². The number of allylic oxidation sites excluding steroid dienone is 1. The maximum atomic E-state index is 12.7. The molecular formula is C24H32N2O6. The van der Waals surface area contributed by atoms with Crippen LogP contribution in [0.4, 0.5) is 0 Å². The zero-order valence-electron chi connectivity index (χ0n) is 19.7. The van der Waals surface area contributed by atoms with Crippen LogP contribution in [0.2, 0.25) is 0 Å². The quantitative estimate of drug-likeness (QED) is 0.195. The number of nitrogens with one attached hydrogen (secondary N) is 1. The molecule has 1 amide bonds. The van der Waals surface area contributed by atoms with E-state index in [1.54, 1.807) is 13.8 Å². The predicted octanol–water partition coefficient (Wildman–Crippen LogP) is 3.56. The average molecular weight is 445 g/mol. The lowest BCUT2D eigenvalue weighted by atomic mass is 9.92. The lowest BCUT2D eigenvalue weighted by molar-refractivity contribution is -0.152. The molecule has 0 bridgehead atoms. The summed E-state index contributed by atoms with van der Waals surface area (Å²) < 4.78 is 15.8. The van der Waals surface area contributed by atoms with Crippen molar-refractivity contribution in [1.82, 2.24) is 5.32 Å². The number of rotatable bonds is 10. The van der Waals surface area contributed by atoms with Crippen molar-refractivity contribution in [1.29, 1.82) is 0 Å².